The van der Waals surface area contributed by atoms with Crippen molar-refractivity contribution in [2.24, 2.45) is 0 Å². The van der Waals surface area contributed by atoms with Gasteiger partial charge in [0.25, 0.3) is 0 Å². The van der Waals surface area contributed by atoms with Crippen molar-refractivity contribution in [3.05, 3.63) is 89.8 Å². The van der Waals surface area contributed by atoms with Gasteiger partial charge in [0.2, 0.25) is 5.91 Å². The molecule has 0 aliphatic heterocycles. The van der Waals surface area contributed by atoms with Crippen LogP contribution in [0.1, 0.15) is 18.1 Å². The monoisotopic (exact) mass is 446 g/mol. The number of hydrogen-bond acceptors (Lipinski definition) is 4. The predicted octanol–water partition coefficient (Wildman–Crippen LogP) is 5.30. The Morgan fingerprint density at radius 1 is 0.939 bits per heavy atom. The Hall–Kier alpha value is -3.93. The molecule has 0 fully saturated rings. The molecule has 0 spiro atoms. The lowest BCUT2D eigenvalue weighted by Crippen LogP contribution is -2.28. The molecule has 6 heteroatoms. The highest BCUT2D eigenvalue weighted by Gasteiger charge is 2.15. The van der Waals surface area contributed by atoms with Crippen LogP contribution in [0, 0.1) is 5.82 Å². The smallest absolute Gasteiger partial charge is 0.330 e. The Bertz CT molecular complexity index is 1170. The molecule has 0 radical (unpaired) electrons. The number of anilines is 2. The molecule has 33 heavy (non-hydrogen) atoms. The molecule has 0 heterocycles. The van der Waals surface area contributed by atoms with Gasteiger partial charge in [-0.1, -0.05) is 36.4 Å². The van der Waals surface area contributed by atoms with Gasteiger partial charge in [-0.15, -0.1) is 0 Å². The average molecular weight is 447 g/mol. The number of esters is 1. The minimum absolute atomic E-state index is 0.0885. The highest BCUT2D eigenvalue weighted by molar-refractivity contribution is 5.92. The van der Waals surface area contributed by atoms with Crippen LogP contribution in [0.4, 0.5) is 15.8 Å². The van der Waals surface area contributed by atoms with Crippen LogP contribution in [-0.2, 0) is 20.9 Å². The average Bonchev–Trinajstić information content (AvgIpc) is 2.81. The summed E-state index contributed by atoms with van der Waals surface area (Å²) in [5, 5.41) is 0. The maximum Gasteiger partial charge on any atom is 0.330 e. The van der Waals surface area contributed by atoms with Gasteiger partial charge in [-0.05, 0) is 53.1 Å². The van der Waals surface area contributed by atoms with Gasteiger partial charge in [-0.25, -0.2) is 9.18 Å². The van der Waals surface area contributed by atoms with E-state index in [0.717, 1.165) is 22.4 Å². The van der Waals surface area contributed by atoms with Crippen LogP contribution in [0.3, 0.4) is 0 Å². The summed E-state index contributed by atoms with van der Waals surface area (Å²) in [6.45, 7) is 1.53. The third-order valence-corrected chi connectivity index (χ3v) is 5.27. The zero-order valence-corrected chi connectivity index (χ0v) is 19.2. The number of ether oxygens (including phenoxy) is 1. The second kappa shape index (κ2) is 10.6. The number of carbonyl (C=O) groups excluding carboxylic acids is 2. The van der Waals surface area contributed by atoms with Gasteiger partial charge in [0, 0.05) is 44.0 Å². The Balaban J connectivity index is 1.83. The second-order valence-corrected chi connectivity index (χ2v) is 7.80. The first kappa shape index (κ1) is 23.7. The van der Waals surface area contributed by atoms with Crippen LogP contribution in [-0.4, -0.2) is 33.1 Å². The van der Waals surface area contributed by atoms with Crippen molar-refractivity contribution in [2.75, 3.05) is 31.0 Å². The predicted molar refractivity (Wildman–Crippen MR) is 131 cm³/mol. The number of nitrogens with zero attached hydrogens (tertiary/aromatic N) is 2. The van der Waals surface area contributed by atoms with Crippen molar-refractivity contribution in [1.82, 2.24) is 0 Å². The second-order valence-electron chi connectivity index (χ2n) is 7.80. The molecule has 3 rings (SSSR count). The van der Waals surface area contributed by atoms with E-state index in [1.165, 1.54) is 31.1 Å². The summed E-state index contributed by atoms with van der Waals surface area (Å²) >= 11 is 0. The van der Waals surface area contributed by atoms with Gasteiger partial charge in [0.1, 0.15) is 5.82 Å². The first-order valence-electron chi connectivity index (χ1n) is 10.5. The van der Waals surface area contributed by atoms with Crippen LogP contribution in [0.2, 0.25) is 0 Å². The van der Waals surface area contributed by atoms with E-state index in [-0.39, 0.29) is 18.3 Å². The van der Waals surface area contributed by atoms with Crippen LogP contribution >= 0.6 is 0 Å². The summed E-state index contributed by atoms with van der Waals surface area (Å²) in [5.74, 6) is -1.06. The van der Waals surface area contributed by atoms with E-state index in [4.69, 9.17) is 0 Å². The number of halogens is 1. The largest absolute Gasteiger partial charge is 0.466 e. The minimum atomic E-state index is -0.470. The zero-order chi connectivity index (χ0) is 24.0. The lowest BCUT2D eigenvalue weighted by molar-refractivity contribution is -0.134. The molecule has 0 bridgehead atoms. The van der Waals surface area contributed by atoms with E-state index in [0.29, 0.717) is 11.3 Å². The van der Waals surface area contributed by atoms with E-state index >= 15 is 4.39 Å². The van der Waals surface area contributed by atoms with Crippen molar-refractivity contribution in [2.45, 2.75) is 13.5 Å². The molecular weight excluding hydrogens is 419 g/mol. The van der Waals surface area contributed by atoms with Crippen molar-refractivity contribution >= 4 is 29.3 Å². The first-order chi connectivity index (χ1) is 15.8. The molecule has 3 aromatic carbocycles. The van der Waals surface area contributed by atoms with E-state index in [1.54, 1.807) is 36.4 Å². The molecule has 5 nitrogen and oxygen atoms in total. The Labute approximate surface area is 193 Å². The SMILES string of the molecule is COC(=O)C=Cc1cccc(N(Cc2ccc(-c3ccc(N(C)C)cc3)cc2F)C(C)=O)c1. The molecule has 0 N–H and O–H groups in total. The first-order valence-corrected chi connectivity index (χ1v) is 10.5. The third kappa shape index (κ3) is 6.07. The summed E-state index contributed by atoms with van der Waals surface area (Å²) < 4.78 is 19.6. The number of benzene rings is 3. The number of rotatable bonds is 7. The summed E-state index contributed by atoms with van der Waals surface area (Å²) in [6, 6.07) is 20.1. The summed E-state index contributed by atoms with van der Waals surface area (Å²) in [7, 11) is 5.24. The molecule has 0 atom stereocenters. The lowest BCUT2D eigenvalue weighted by Gasteiger charge is -2.22. The Morgan fingerprint density at radius 3 is 2.24 bits per heavy atom. The molecule has 0 aromatic heterocycles. The van der Waals surface area contributed by atoms with Gasteiger partial charge >= 0.3 is 5.97 Å². The van der Waals surface area contributed by atoms with E-state index in [1.807, 2.05) is 49.3 Å². The molecular formula is C27H27FN2O3. The number of carbonyl (C=O) groups is 2. The van der Waals surface area contributed by atoms with E-state index < -0.39 is 5.97 Å². The normalized spacial score (nSPS) is 10.8. The quantitative estimate of drug-likeness (QED) is 0.365. The van der Waals surface area contributed by atoms with E-state index in [9.17, 15) is 9.59 Å². The van der Waals surface area contributed by atoms with Crippen molar-refractivity contribution in [3.63, 3.8) is 0 Å². The Kier molecular flexibility index (Phi) is 7.61. The van der Waals surface area contributed by atoms with Gasteiger partial charge in [-0.3, -0.25) is 4.79 Å². The van der Waals surface area contributed by atoms with Crippen LogP contribution in [0.25, 0.3) is 17.2 Å². The fourth-order valence-corrected chi connectivity index (χ4v) is 3.39. The molecule has 3 aromatic rings. The fourth-order valence-electron chi connectivity index (χ4n) is 3.39. The lowest BCUT2D eigenvalue weighted by atomic mass is 10.0. The molecule has 170 valence electrons. The maximum atomic E-state index is 15.0. The summed E-state index contributed by atoms with van der Waals surface area (Å²) in [4.78, 5) is 27.2. The van der Waals surface area contributed by atoms with E-state index in [2.05, 4.69) is 4.74 Å². The van der Waals surface area contributed by atoms with Gasteiger partial charge in [-0.2, -0.15) is 0 Å². The highest BCUT2D eigenvalue weighted by Crippen LogP contribution is 2.26. The molecule has 0 aliphatic rings. The number of hydrogen-bond donors (Lipinski definition) is 0. The third-order valence-electron chi connectivity index (χ3n) is 5.27. The van der Waals surface area contributed by atoms with Gasteiger partial charge in [0.15, 0.2) is 0 Å². The van der Waals surface area contributed by atoms with Crippen LogP contribution in [0.15, 0.2) is 72.8 Å². The number of methoxy groups -OCH3 is 1. The standard InChI is InChI=1S/C27H27FN2O3/c1-19(31)30(25-7-5-6-20(16-25)8-15-27(32)33-4)18-23-10-9-22(17-26(23)28)21-11-13-24(14-12-21)29(2)3/h5-17H,18H2,1-4H3. The molecule has 0 unspecified atom stereocenters. The summed E-state index contributed by atoms with van der Waals surface area (Å²) in [6.07, 6.45) is 2.91. The number of amides is 1. The van der Waals surface area contributed by atoms with Crippen LogP contribution < -0.4 is 9.80 Å². The fraction of sp³-hybridized carbons (Fsp3) is 0.185. The van der Waals surface area contributed by atoms with Gasteiger partial charge < -0.3 is 14.5 Å². The topological polar surface area (TPSA) is 49.9 Å². The minimum Gasteiger partial charge on any atom is -0.466 e. The van der Waals surface area contributed by atoms with Crippen LogP contribution in [0.5, 0.6) is 0 Å². The molecule has 0 saturated carbocycles. The summed E-state index contributed by atoms with van der Waals surface area (Å²) in [5.41, 5.74) is 4.50. The van der Waals surface area contributed by atoms with Crippen molar-refractivity contribution in [1.29, 1.82) is 0 Å². The molecule has 0 saturated heterocycles. The zero-order valence-electron chi connectivity index (χ0n) is 19.2. The van der Waals surface area contributed by atoms with Gasteiger partial charge in [0.05, 0.1) is 13.7 Å². The van der Waals surface area contributed by atoms with Crippen molar-refractivity contribution < 1.29 is 18.7 Å². The molecule has 1 amide bonds. The Morgan fingerprint density at radius 2 is 1.64 bits per heavy atom. The maximum absolute atomic E-state index is 15.0. The van der Waals surface area contributed by atoms with Crippen molar-refractivity contribution in [3.8, 4) is 11.1 Å². The highest BCUT2D eigenvalue weighted by atomic mass is 19.1. The molecule has 0 aliphatic carbocycles.